The Bertz CT molecular complexity index is 1020. The van der Waals surface area contributed by atoms with Crippen LogP contribution in [-0.4, -0.2) is 67.3 Å². The number of rotatable bonds is 2. The van der Waals surface area contributed by atoms with E-state index in [1.165, 1.54) is 6.07 Å². The first kappa shape index (κ1) is 25.4. The molecule has 3 N–H and O–H groups in total. The van der Waals surface area contributed by atoms with E-state index in [-0.39, 0.29) is 24.0 Å². The summed E-state index contributed by atoms with van der Waals surface area (Å²) in [4.78, 5) is 24.2. The molecule has 4 rings (SSSR count). The van der Waals surface area contributed by atoms with Gasteiger partial charge in [-0.25, -0.2) is 10.2 Å². The van der Waals surface area contributed by atoms with Gasteiger partial charge >= 0.3 is 18.3 Å². The number of amidine groups is 1. The van der Waals surface area contributed by atoms with Crippen LogP contribution in [0.5, 0.6) is 5.75 Å². The number of hydrogen-bond acceptors (Lipinski definition) is 7. The van der Waals surface area contributed by atoms with Gasteiger partial charge in [-0.2, -0.15) is 31.4 Å². The van der Waals surface area contributed by atoms with Crippen LogP contribution in [0.3, 0.4) is 0 Å². The van der Waals surface area contributed by atoms with Crippen molar-refractivity contribution in [3.05, 3.63) is 17.7 Å². The number of ether oxygens (including phenoxy) is 1. The molecule has 0 saturated carbocycles. The molecule has 0 aromatic heterocycles. The molecule has 34 heavy (non-hydrogen) atoms. The molecule has 1 fully saturated rings. The Hall–Kier alpha value is -3.23. The molecule has 1 amide bonds. The number of aliphatic carboxylic acids is 1. The van der Waals surface area contributed by atoms with Crippen molar-refractivity contribution in [3.63, 3.8) is 0 Å². The van der Waals surface area contributed by atoms with E-state index < -0.39 is 35.5 Å². The molecular weight excluding hydrogens is 476 g/mol. The number of amides is 1. The molecule has 3 heterocycles. The quantitative estimate of drug-likeness (QED) is 0.538. The Kier molecular flexibility index (Phi) is 6.37. The number of carbonyl (C=O) groups excluding carboxylic acids is 1. The third-order valence-electron chi connectivity index (χ3n) is 5.76. The molecule has 0 aliphatic carbocycles. The van der Waals surface area contributed by atoms with Gasteiger partial charge in [0.15, 0.2) is 5.84 Å². The van der Waals surface area contributed by atoms with Gasteiger partial charge in [0.1, 0.15) is 18.4 Å². The number of benzene rings is 1. The molecule has 0 spiro atoms. The van der Waals surface area contributed by atoms with Crippen molar-refractivity contribution in [3.8, 4) is 5.75 Å². The maximum Gasteiger partial charge on any atom is 0.490 e. The maximum absolute atomic E-state index is 13.8. The molecule has 3 aliphatic heterocycles. The van der Waals surface area contributed by atoms with E-state index >= 15 is 0 Å². The number of halogens is 6. The molecule has 9 nitrogen and oxygen atoms in total. The normalized spacial score (nSPS) is 20.9. The summed E-state index contributed by atoms with van der Waals surface area (Å²) in [6.45, 7) is 4.75. The van der Waals surface area contributed by atoms with Crippen molar-refractivity contribution < 1.29 is 45.8 Å². The summed E-state index contributed by atoms with van der Waals surface area (Å²) < 4.78 is 78.5. The van der Waals surface area contributed by atoms with Gasteiger partial charge in [0.2, 0.25) is 0 Å². The van der Waals surface area contributed by atoms with E-state index in [0.717, 1.165) is 6.07 Å². The standard InChI is InChI=1S/C17H20F3N5O2.C2HF3O2/c1-9-15(26)23-22-14-6-27-13-4-10(17(18,19)20)11(5-12(13)25(9)14)24(3)16(2)7-21-8-16;3-2(4,5)1(6)7/h4-5,9,21H,6-8H2,1-3H3,(H,23,26);(H,6,7)/t9-;/m1./s1. The second-order valence-electron chi connectivity index (χ2n) is 8.14. The lowest BCUT2D eigenvalue weighted by Crippen LogP contribution is -2.66. The fourth-order valence-electron chi connectivity index (χ4n) is 3.58. The average Bonchev–Trinajstić information content (AvgIpc) is 2.71. The topological polar surface area (TPSA) is 106 Å². The Balaban J connectivity index is 0.000000406. The first-order valence-corrected chi connectivity index (χ1v) is 9.84. The SMILES string of the molecule is C[C@@H]1C(=O)NN=C2COc3cc(C(F)(F)F)c(N(C)C4(C)CNC4)cc3N21.O=C(O)C(F)(F)F. The van der Waals surface area contributed by atoms with Crippen molar-refractivity contribution in [2.45, 2.75) is 37.8 Å². The van der Waals surface area contributed by atoms with Crippen LogP contribution < -0.4 is 25.3 Å². The monoisotopic (exact) mass is 497 g/mol. The third kappa shape index (κ3) is 4.69. The third-order valence-corrected chi connectivity index (χ3v) is 5.76. The van der Waals surface area contributed by atoms with Crippen molar-refractivity contribution in [2.75, 3.05) is 36.5 Å². The molecule has 1 aromatic rings. The minimum Gasteiger partial charge on any atom is -0.483 e. The van der Waals surface area contributed by atoms with Gasteiger partial charge < -0.3 is 25.0 Å². The summed E-state index contributed by atoms with van der Waals surface area (Å²) >= 11 is 0. The van der Waals surface area contributed by atoms with Crippen LogP contribution in [-0.2, 0) is 15.8 Å². The van der Waals surface area contributed by atoms with Crippen LogP contribution >= 0.6 is 0 Å². The number of nitrogens with one attached hydrogen (secondary N) is 2. The van der Waals surface area contributed by atoms with Crippen LogP contribution in [0.2, 0.25) is 0 Å². The van der Waals surface area contributed by atoms with Gasteiger partial charge in [-0.05, 0) is 26.0 Å². The number of nitrogens with zero attached hydrogens (tertiary/aromatic N) is 3. The number of hydrazone groups is 1. The van der Waals surface area contributed by atoms with Crippen molar-refractivity contribution in [1.82, 2.24) is 10.7 Å². The van der Waals surface area contributed by atoms with Crippen LogP contribution in [0.1, 0.15) is 19.4 Å². The highest BCUT2D eigenvalue weighted by molar-refractivity contribution is 6.09. The van der Waals surface area contributed by atoms with E-state index in [0.29, 0.717) is 24.6 Å². The predicted molar refractivity (Wildman–Crippen MR) is 108 cm³/mol. The summed E-state index contributed by atoms with van der Waals surface area (Å²) in [6, 6.07) is 1.87. The Morgan fingerprint density at radius 3 is 2.32 bits per heavy atom. The lowest BCUT2D eigenvalue weighted by molar-refractivity contribution is -0.192. The van der Waals surface area contributed by atoms with Crippen LogP contribution in [0.25, 0.3) is 0 Å². The number of carboxylic acids is 1. The lowest BCUT2D eigenvalue weighted by atomic mass is 9.91. The van der Waals surface area contributed by atoms with E-state index in [1.807, 2.05) is 6.92 Å². The molecule has 188 valence electrons. The molecular formula is C19H21F6N5O4. The van der Waals surface area contributed by atoms with Gasteiger partial charge in [0.25, 0.3) is 5.91 Å². The van der Waals surface area contributed by atoms with Crippen molar-refractivity contribution in [2.24, 2.45) is 5.10 Å². The predicted octanol–water partition coefficient (Wildman–Crippen LogP) is 2.17. The first-order chi connectivity index (χ1) is 15.6. The van der Waals surface area contributed by atoms with Gasteiger partial charge in [-0.1, -0.05) is 0 Å². The maximum atomic E-state index is 13.8. The second kappa shape index (κ2) is 8.52. The number of carbonyl (C=O) groups is 2. The summed E-state index contributed by atoms with van der Waals surface area (Å²) in [6.07, 6.45) is -9.62. The zero-order valence-corrected chi connectivity index (χ0v) is 18.1. The Morgan fingerprint density at radius 1 is 1.26 bits per heavy atom. The Labute approximate surface area is 189 Å². The fraction of sp³-hybridized carbons (Fsp3) is 0.526. The lowest BCUT2D eigenvalue weighted by Gasteiger charge is -2.49. The first-order valence-electron chi connectivity index (χ1n) is 9.84. The van der Waals surface area contributed by atoms with Gasteiger partial charge in [0, 0.05) is 20.1 Å². The number of likely N-dealkylation sites (N-methyl/N-ethyl adjacent to an activating group) is 1. The molecule has 0 radical (unpaired) electrons. The van der Waals surface area contributed by atoms with Crippen molar-refractivity contribution in [1.29, 1.82) is 0 Å². The zero-order chi connectivity index (χ0) is 25.6. The molecule has 1 aromatic carbocycles. The van der Waals surface area contributed by atoms with Crippen molar-refractivity contribution >= 4 is 29.1 Å². The molecule has 15 heteroatoms. The highest BCUT2D eigenvalue weighted by Gasteiger charge is 2.44. The molecule has 0 unspecified atom stereocenters. The largest absolute Gasteiger partial charge is 0.490 e. The summed E-state index contributed by atoms with van der Waals surface area (Å²) in [5, 5.41) is 14.2. The molecule has 1 saturated heterocycles. The smallest absolute Gasteiger partial charge is 0.483 e. The molecule has 1 atom stereocenters. The average molecular weight is 497 g/mol. The number of hydrogen-bond donors (Lipinski definition) is 3. The second-order valence-corrected chi connectivity index (χ2v) is 8.14. The summed E-state index contributed by atoms with van der Waals surface area (Å²) in [5.74, 6) is -2.53. The van der Waals surface area contributed by atoms with Crippen LogP contribution in [0.15, 0.2) is 17.2 Å². The van der Waals surface area contributed by atoms with Gasteiger partial charge in [0.05, 0.1) is 22.5 Å². The van der Waals surface area contributed by atoms with Crippen LogP contribution in [0.4, 0.5) is 37.7 Å². The number of anilines is 2. The molecule has 0 bridgehead atoms. The summed E-state index contributed by atoms with van der Waals surface area (Å²) in [5.41, 5.74) is 1.68. The summed E-state index contributed by atoms with van der Waals surface area (Å²) in [7, 11) is 1.66. The number of fused-ring (bicyclic) bond motifs is 3. The minimum absolute atomic E-state index is 0.00820. The Morgan fingerprint density at radius 2 is 1.85 bits per heavy atom. The van der Waals surface area contributed by atoms with E-state index in [4.69, 9.17) is 14.6 Å². The van der Waals surface area contributed by atoms with E-state index in [1.54, 1.807) is 23.8 Å². The van der Waals surface area contributed by atoms with E-state index in [2.05, 4.69) is 15.8 Å². The van der Waals surface area contributed by atoms with E-state index in [9.17, 15) is 31.1 Å². The van der Waals surface area contributed by atoms with Gasteiger partial charge in [-0.3, -0.25) is 4.79 Å². The zero-order valence-electron chi connectivity index (χ0n) is 18.1. The number of alkyl halides is 6. The fourth-order valence-corrected chi connectivity index (χ4v) is 3.58. The molecule has 3 aliphatic rings. The highest BCUT2D eigenvalue weighted by Crippen LogP contribution is 2.46. The minimum atomic E-state index is -5.08. The number of carboxylic acid groups (broad SMARTS) is 1. The van der Waals surface area contributed by atoms with Crippen LogP contribution in [0, 0.1) is 0 Å². The van der Waals surface area contributed by atoms with Gasteiger partial charge in [-0.15, -0.1) is 0 Å². The highest BCUT2D eigenvalue weighted by atomic mass is 19.4.